The number of hydrogen-bond acceptors (Lipinski definition) is 2. The molecule has 2 unspecified atom stereocenters. The van der Waals surface area contributed by atoms with E-state index in [1.54, 1.807) is 6.92 Å². The van der Waals surface area contributed by atoms with Crippen molar-refractivity contribution in [1.82, 2.24) is 5.32 Å². The Morgan fingerprint density at radius 2 is 2.18 bits per heavy atom. The average Bonchev–Trinajstić information content (AvgIpc) is 2.15. The first-order valence-electron chi connectivity index (χ1n) is 5.82. The van der Waals surface area contributed by atoms with Crippen LogP contribution in [0, 0.1) is 5.92 Å². The van der Waals surface area contributed by atoms with Gasteiger partial charge in [0.15, 0.2) is 0 Å². The Morgan fingerprint density at radius 3 is 2.65 bits per heavy atom. The van der Waals surface area contributed by atoms with E-state index in [-0.39, 0.29) is 19.3 Å². The second kappa shape index (κ2) is 5.25. The van der Waals surface area contributed by atoms with Crippen molar-refractivity contribution in [2.24, 2.45) is 5.92 Å². The van der Waals surface area contributed by atoms with Gasteiger partial charge in [0.25, 0.3) is 0 Å². The summed E-state index contributed by atoms with van der Waals surface area (Å²) in [7, 11) is 0. The van der Waals surface area contributed by atoms with Gasteiger partial charge in [-0.15, -0.1) is 0 Å². The van der Waals surface area contributed by atoms with Gasteiger partial charge in [-0.25, -0.2) is 0 Å². The van der Waals surface area contributed by atoms with Crippen LogP contribution in [0.5, 0.6) is 0 Å². The Morgan fingerprint density at radius 1 is 1.53 bits per heavy atom. The molecule has 1 fully saturated rings. The molecule has 0 radical (unpaired) electrons. The molecule has 100 valence electrons. The molecule has 1 saturated carbocycles. The summed E-state index contributed by atoms with van der Waals surface area (Å²) in [4.78, 5) is 10.8. The number of alkyl halides is 3. The number of halogens is 3. The molecule has 6 heteroatoms. The zero-order valence-corrected chi connectivity index (χ0v) is 9.81. The Labute approximate surface area is 98.4 Å². The van der Waals surface area contributed by atoms with E-state index in [1.165, 1.54) is 0 Å². The maximum absolute atomic E-state index is 12.7. The highest BCUT2D eigenvalue weighted by atomic mass is 19.4. The number of carboxylic acid groups (broad SMARTS) is 1. The monoisotopic (exact) mass is 253 g/mol. The third-order valence-electron chi connectivity index (χ3n) is 3.35. The lowest BCUT2D eigenvalue weighted by Gasteiger charge is -2.41. The summed E-state index contributed by atoms with van der Waals surface area (Å²) in [6.45, 7) is 2.26. The van der Waals surface area contributed by atoms with Crippen LogP contribution in [0.25, 0.3) is 0 Å². The van der Waals surface area contributed by atoms with Crippen molar-refractivity contribution in [1.29, 1.82) is 0 Å². The minimum absolute atomic E-state index is 0.107. The minimum Gasteiger partial charge on any atom is -0.481 e. The normalized spacial score (nSPS) is 30.2. The molecule has 2 N–H and O–H groups in total. The topological polar surface area (TPSA) is 49.3 Å². The van der Waals surface area contributed by atoms with Gasteiger partial charge >= 0.3 is 12.1 Å². The summed E-state index contributed by atoms with van der Waals surface area (Å²) < 4.78 is 38.1. The summed E-state index contributed by atoms with van der Waals surface area (Å²) in [6.07, 6.45) is -3.57. The first-order valence-corrected chi connectivity index (χ1v) is 5.82. The first-order chi connectivity index (χ1) is 7.79. The van der Waals surface area contributed by atoms with Gasteiger partial charge in [-0.05, 0) is 25.8 Å². The van der Waals surface area contributed by atoms with Crippen molar-refractivity contribution in [3.63, 3.8) is 0 Å². The summed E-state index contributed by atoms with van der Waals surface area (Å²) in [5, 5.41) is 11.8. The number of nitrogens with one attached hydrogen (secondary N) is 1. The summed E-state index contributed by atoms with van der Waals surface area (Å²) in [6, 6.07) is 0. The molecule has 3 nitrogen and oxygen atoms in total. The molecule has 1 aliphatic rings. The molecule has 17 heavy (non-hydrogen) atoms. The molecule has 0 aromatic heterocycles. The SMILES string of the molecule is CCNC1(CC(=O)O)CCCC(C(F)(F)F)C1. The van der Waals surface area contributed by atoms with Gasteiger partial charge in [-0.1, -0.05) is 13.3 Å². The lowest BCUT2D eigenvalue weighted by atomic mass is 9.73. The maximum atomic E-state index is 12.7. The largest absolute Gasteiger partial charge is 0.481 e. The zero-order valence-electron chi connectivity index (χ0n) is 9.81. The molecule has 0 heterocycles. The number of carboxylic acids is 1. The van der Waals surface area contributed by atoms with Gasteiger partial charge in [0.1, 0.15) is 0 Å². The lowest BCUT2D eigenvalue weighted by Crippen LogP contribution is -2.52. The third-order valence-corrected chi connectivity index (χ3v) is 3.35. The highest BCUT2D eigenvalue weighted by Gasteiger charge is 2.47. The smallest absolute Gasteiger partial charge is 0.391 e. The van der Waals surface area contributed by atoms with Crippen LogP contribution >= 0.6 is 0 Å². The van der Waals surface area contributed by atoms with Crippen molar-refractivity contribution >= 4 is 5.97 Å². The zero-order chi connectivity index (χ0) is 13.1. The van der Waals surface area contributed by atoms with E-state index >= 15 is 0 Å². The van der Waals surface area contributed by atoms with Crippen molar-refractivity contribution in [2.75, 3.05) is 6.54 Å². The first kappa shape index (κ1) is 14.3. The summed E-state index contributed by atoms with van der Waals surface area (Å²) in [5.41, 5.74) is -0.890. The molecule has 0 aromatic rings. The second-order valence-electron chi connectivity index (χ2n) is 4.72. The Bertz CT molecular complexity index is 276. The van der Waals surface area contributed by atoms with Gasteiger partial charge in [0.05, 0.1) is 12.3 Å². The fourth-order valence-corrected chi connectivity index (χ4v) is 2.69. The quantitative estimate of drug-likeness (QED) is 0.809. The molecule has 2 atom stereocenters. The van der Waals surface area contributed by atoms with Crippen molar-refractivity contribution in [3.8, 4) is 0 Å². The van der Waals surface area contributed by atoms with Crippen LogP contribution < -0.4 is 5.32 Å². The van der Waals surface area contributed by atoms with Crippen LogP contribution in [-0.2, 0) is 4.79 Å². The average molecular weight is 253 g/mol. The summed E-state index contributed by atoms with van der Waals surface area (Å²) in [5.74, 6) is -2.43. The predicted octanol–water partition coefficient (Wildman–Crippen LogP) is 2.56. The molecule has 1 aliphatic carbocycles. The Kier molecular flexibility index (Phi) is 4.41. The second-order valence-corrected chi connectivity index (χ2v) is 4.72. The maximum Gasteiger partial charge on any atom is 0.391 e. The van der Waals surface area contributed by atoms with E-state index in [2.05, 4.69) is 5.32 Å². The molecule has 0 aromatic carbocycles. The van der Waals surface area contributed by atoms with Crippen LogP contribution in [-0.4, -0.2) is 29.3 Å². The molecule has 0 aliphatic heterocycles. The van der Waals surface area contributed by atoms with Gasteiger partial charge in [0, 0.05) is 5.54 Å². The van der Waals surface area contributed by atoms with Crippen molar-refractivity contribution in [3.05, 3.63) is 0 Å². The molecular weight excluding hydrogens is 235 g/mol. The Balaban J connectivity index is 2.79. The van der Waals surface area contributed by atoms with Crippen molar-refractivity contribution in [2.45, 2.75) is 50.7 Å². The van der Waals surface area contributed by atoms with Gasteiger partial charge in [-0.3, -0.25) is 4.79 Å². The van der Waals surface area contributed by atoms with Crippen molar-refractivity contribution < 1.29 is 23.1 Å². The standard InChI is InChI=1S/C11H18F3NO2/c1-2-15-10(7-9(16)17)5-3-4-8(6-10)11(12,13)14/h8,15H,2-7H2,1H3,(H,16,17). The Hall–Kier alpha value is -0.780. The molecular formula is C11H18F3NO2. The van der Waals surface area contributed by atoms with Crippen LogP contribution in [0.3, 0.4) is 0 Å². The predicted molar refractivity (Wildman–Crippen MR) is 56.7 cm³/mol. The lowest BCUT2D eigenvalue weighted by molar-refractivity contribution is -0.189. The van der Waals surface area contributed by atoms with Gasteiger partial charge < -0.3 is 10.4 Å². The van der Waals surface area contributed by atoms with E-state index in [4.69, 9.17) is 5.11 Å². The van der Waals surface area contributed by atoms with Crippen LogP contribution in [0.4, 0.5) is 13.2 Å². The number of carbonyl (C=O) groups is 1. The van der Waals surface area contributed by atoms with Crippen LogP contribution in [0.1, 0.15) is 39.0 Å². The highest BCUT2D eigenvalue weighted by molar-refractivity contribution is 5.68. The van der Waals surface area contributed by atoms with Gasteiger partial charge in [-0.2, -0.15) is 13.2 Å². The third kappa shape index (κ3) is 3.87. The van der Waals surface area contributed by atoms with Crippen LogP contribution in [0.15, 0.2) is 0 Å². The minimum atomic E-state index is -4.22. The molecule has 0 amide bonds. The van der Waals surface area contributed by atoms with E-state index in [0.29, 0.717) is 19.4 Å². The van der Waals surface area contributed by atoms with E-state index < -0.39 is 23.6 Å². The molecule has 0 saturated heterocycles. The van der Waals surface area contributed by atoms with E-state index in [0.717, 1.165) is 0 Å². The number of hydrogen-bond donors (Lipinski definition) is 2. The summed E-state index contributed by atoms with van der Waals surface area (Å²) >= 11 is 0. The number of rotatable bonds is 4. The van der Waals surface area contributed by atoms with Gasteiger partial charge in [0.2, 0.25) is 0 Å². The molecule has 1 rings (SSSR count). The highest BCUT2D eigenvalue weighted by Crippen LogP contribution is 2.42. The fourth-order valence-electron chi connectivity index (χ4n) is 2.69. The number of aliphatic carboxylic acids is 1. The molecule has 0 spiro atoms. The molecule has 0 bridgehead atoms. The fraction of sp³-hybridized carbons (Fsp3) is 0.909. The van der Waals surface area contributed by atoms with E-state index in [1.807, 2.05) is 0 Å². The van der Waals surface area contributed by atoms with Crippen LogP contribution in [0.2, 0.25) is 0 Å². The van der Waals surface area contributed by atoms with E-state index in [9.17, 15) is 18.0 Å².